The molecule has 1 aromatic carbocycles. The van der Waals surface area contributed by atoms with Crippen LogP contribution in [0.3, 0.4) is 0 Å². The number of ether oxygens (including phenoxy) is 2. The van der Waals surface area contributed by atoms with Gasteiger partial charge in [-0.2, -0.15) is 0 Å². The molecule has 2 rings (SSSR count). The lowest BCUT2D eigenvalue weighted by molar-refractivity contribution is -0.384. The van der Waals surface area contributed by atoms with Gasteiger partial charge < -0.3 is 9.47 Å². The van der Waals surface area contributed by atoms with Crippen LogP contribution < -0.4 is 0 Å². The third-order valence-corrected chi connectivity index (χ3v) is 2.87. The van der Waals surface area contributed by atoms with E-state index < -0.39 is 11.2 Å². The fourth-order valence-corrected chi connectivity index (χ4v) is 1.91. The molecule has 1 heterocycles. The van der Waals surface area contributed by atoms with E-state index in [0.29, 0.717) is 12.0 Å². The summed E-state index contributed by atoms with van der Waals surface area (Å²) < 4.78 is 10.2. The molecule has 0 unspecified atom stereocenters. The van der Waals surface area contributed by atoms with E-state index in [-0.39, 0.29) is 15.7 Å². The molecule has 1 aromatic rings. The molecular formula is C10H7Cl2NO4. The first-order valence-electron chi connectivity index (χ1n) is 4.66. The molecule has 0 aromatic heterocycles. The van der Waals surface area contributed by atoms with E-state index in [1.165, 1.54) is 24.7 Å². The third-order valence-electron chi connectivity index (χ3n) is 2.22. The Kier molecular flexibility index (Phi) is 3.40. The van der Waals surface area contributed by atoms with Crippen molar-refractivity contribution in [1.29, 1.82) is 0 Å². The Balaban J connectivity index is 2.23. The van der Waals surface area contributed by atoms with E-state index in [4.69, 9.17) is 32.7 Å². The van der Waals surface area contributed by atoms with E-state index in [0.717, 1.165) is 0 Å². The zero-order chi connectivity index (χ0) is 12.4. The van der Waals surface area contributed by atoms with Crippen LogP contribution in [-0.4, -0.2) is 11.2 Å². The topological polar surface area (TPSA) is 61.6 Å². The summed E-state index contributed by atoms with van der Waals surface area (Å²) >= 11 is 11.7. The van der Waals surface area contributed by atoms with Crippen molar-refractivity contribution < 1.29 is 14.4 Å². The van der Waals surface area contributed by atoms with Crippen LogP contribution in [0.25, 0.3) is 0 Å². The van der Waals surface area contributed by atoms with Crippen LogP contribution in [0.5, 0.6) is 0 Å². The summed E-state index contributed by atoms with van der Waals surface area (Å²) in [6, 6.07) is 2.68. The van der Waals surface area contributed by atoms with Gasteiger partial charge in [0.2, 0.25) is 6.29 Å². The molecule has 0 radical (unpaired) electrons. The number of halogens is 2. The molecule has 0 spiro atoms. The number of rotatable bonds is 3. The number of nitro groups is 1. The van der Waals surface area contributed by atoms with Crippen molar-refractivity contribution in [3.8, 4) is 0 Å². The highest BCUT2D eigenvalue weighted by Gasteiger charge is 2.20. The Morgan fingerprint density at radius 2 is 1.88 bits per heavy atom. The van der Waals surface area contributed by atoms with Crippen LogP contribution in [-0.2, 0) is 15.9 Å². The second-order valence-corrected chi connectivity index (χ2v) is 4.14. The molecule has 0 atom stereocenters. The molecule has 17 heavy (non-hydrogen) atoms. The fraction of sp³-hybridized carbons (Fsp3) is 0.200. The normalized spacial score (nSPS) is 14.5. The minimum atomic E-state index is -0.581. The van der Waals surface area contributed by atoms with Crippen molar-refractivity contribution in [3.05, 3.63) is 50.4 Å². The largest absolute Gasteiger partial charge is 0.459 e. The quantitative estimate of drug-likeness (QED) is 0.627. The lowest BCUT2D eigenvalue weighted by atomic mass is 10.1. The summed E-state index contributed by atoms with van der Waals surface area (Å²) in [6.07, 6.45) is 2.74. The van der Waals surface area contributed by atoms with Gasteiger partial charge in [0.25, 0.3) is 5.69 Å². The monoisotopic (exact) mass is 275 g/mol. The first kappa shape index (κ1) is 12.0. The van der Waals surface area contributed by atoms with Crippen LogP contribution in [0, 0.1) is 10.1 Å². The maximum atomic E-state index is 10.6. The van der Waals surface area contributed by atoms with Crippen LogP contribution in [0.1, 0.15) is 5.56 Å². The van der Waals surface area contributed by atoms with Gasteiger partial charge in [0.05, 0.1) is 9.95 Å². The molecule has 1 aliphatic heterocycles. The van der Waals surface area contributed by atoms with Gasteiger partial charge in [-0.3, -0.25) is 10.1 Å². The minimum Gasteiger partial charge on any atom is -0.459 e. The predicted molar refractivity (Wildman–Crippen MR) is 61.9 cm³/mol. The van der Waals surface area contributed by atoms with E-state index in [9.17, 15) is 10.1 Å². The van der Waals surface area contributed by atoms with Crippen molar-refractivity contribution in [3.63, 3.8) is 0 Å². The van der Waals surface area contributed by atoms with Gasteiger partial charge in [0, 0.05) is 12.5 Å². The summed E-state index contributed by atoms with van der Waals surface area (Å²) in [5, 5.41) is 10.9. The third kappa shape index (κ3) is 2.62. The molecule has 90 valence electrons. The zero-order valence-corrected chi connectivity index (χ0v) is 9.94. The van der Waals surface area contributed by atoms with Crippen LogP contribution in [0.15, 0.2) is 24.7 Å². The molecule has 0 N–H and O–H groups in total. The van der Waals surface area contributed by atoms with Crippen molar-refractivity contribution >= 4 is 28.9 Å². The summed E-state index contributed by atoms with van der Waals surface area (Å²) in [4.78, 5) is 10.1. The minimum absolute atomic E-state index is 0.0420. The number of nitrogens with zero attached hydrogens (tertiary/aromatic N) is 1. The van der Waals surface area contributed by atoms with E-state index in [1.54, 1.807) is 0 Å². The first-order chi connectivity index (χ1) is 8.08. The summed E-state index contributed by atoms with van der Waals surface area (Å²) in [5.74, 6) is 0. The van der Waals surface area contributed by atoms with Crippen molar-refractivity contribution in [1.82, 2.24) is 0 Å². The summed E-state index contributed by atoms with van der Waals surface area (Å²) in [6.45, 7) is 0. The molecule has 0 aliphatic carbocycles. The number of hydrogen-bond acceptors (Lipinski definition) is 4. The molecular weight excluding hydrogens is 269 g/mol. The smallest absolute Gasteiger partial charge is 0.289 e. The molecule has 0 saturated heterocycles. The van der Waals surface area contributed by atoms with Crippen LogP contribution in [0.4, 0.5) is 5.69 Å². The Labute approximate surface area is 107 Å². The highest BCUT2D eigenvalue weighted by molar-refractivity contribution is 6.35. The van der Waals surface area contributed by atoms with Crippen molar-refractivity contribution in [2.24, 2.45) is 0 Å². The van der Waals surface area contributed by atoms with Gasteiger partial charge in [-0.05, 0) is 11.6 Å². The Morgan fingerprint density at radius 1 is 1.24 bits per heavy atom. The maximum absolute atomic E-state index is 10.6. The van der Waals surface area contributed by atoms with Crippen molar-refractivity contribution in [2.45, 2.75) is 12.7 Å². The first-order valence-corrected chi connectivity index (χ1v) is 5.42. The van der Waals surface area contributed by atoms with E-state index in [1.807, 2.05) is 0 Å². The highest BCUT2D eigenvalue weighted by atomic mass is 35.5. The van der Waals surface area contributed by atoms with Gasteiger partial charge in [0.1, 0.15) is 17.5 Å². The van der Waals surface area contributed by atoms with E-state index >= 15 is 0 Å². The molecule has 7 heteroatoms. The van der Waals surface area contributed by atoms with Gasteiger partial charge in [-0.1, -0.05) is 23.2 Å². The van der Waals surface area contributed by atoms with E-state index in [2.05, 4.69) is 0 Å². The average molecular weight is 276 g/mol. The summed E-state index contributed by atoms with van der Waals surface area (Å²) in [7, 11) is 0. The Morgan fingerprint density at radius 3 is 2.47 bits per heavy atom. The summed E-state index contributed by atoms with van der Waals surface area (Å²) in [5.41, 5.74) is 0.419. The lowest BCUT2D eigenvalue weighted by Crippen LogP contribution is -2.11. The maximum Gasteiger partial charge on any atom is 0.289 e. The molecule has 1 aliphatic rings. The van der Waals surface area contributed by atoms with Crippen molar-refractivity contribution in [2.75, 3.05) is 0 Å². The Bertz CT molecular complexity index is 481. The zero-order valence-electron chi connectivity index (χ0n) is 8.43. The second-order valence-electron chi connectivity index (χ2n) is 3.33. The van der Waals surface area contributed by atoms with Gasteiger partial charge in [-0.25, -0.2) is 0 Å². The predicted octanol–water partition coefficient (Wildman–Crippen LogP) is 3.29. The molecule has 0 bridgehead atoms. The number of hydrogen-bond donors (Lipinski definition) is 0. The average Bonchev–Trinajstić information content (AvgIpc) is 2.75. The fourth-order valence-electron chi connectivity index (χ4n) is 1.42. The van der Waals surface area contributed by atoms with Gasteiger partial charge in [0.15, 0.2) is 0 Å². The molecule has 0 fully saturated rings. The highest BCUT2D eigenvalue weighted by Crippen LogP contribution is 2.32. The molecule has 5 nitrogen and oxygen atoms in total. The SMILES string of the molecule is O=[N+]([O-])c1cc(Cl)c(CC2OC=CO2)cc1Cl. The molecule has 0 saturated carbocycles. The van der Waals surface area contributed by atoms with Gasteiger partial charge in [-0.15, -0.1) is 0 Å². The van der Waals surface area contributed by atoms with Crippen LogP contribution in [0.2, 0.25) is 10.0 Å². The molecule has 0 amide bonds. The number of nitro benzene ring substituents is 1. The van der Waals surface area contributed by atoms with Crippen LogP contribution >= 0.6 is 23.2 Å². The number of benzene rings is 1. The van der Waals surface area contributed by atoms with Gasteiger partial charge >= 0.3 is 0 Å². The Hall–Kier alpha value is -1.46. The standard InChI is InChI=1S/C10H7Cl2NO4/c11-7-5-9(13(14)15)8(12)3-6(7)4-10-16-1-2-17-10/h1-3,5,10H,4H2. The lowest BCUT2D eigenvalue weighted by Gasteiger charge is -2.11. The second kappa shape index (κ2) is 4.81.